The van der Waals surface area contributed by atoms with Gasteiger partial charge in [0, 0.05) is 11.6 Å². The fourth-order valence-corrected chi connectivity index (χ4v) is 2.01. The number of hydrogen-bond acceptors (Lipinski definition) is 3. The molecule has 1 rings (SSSR count). The molecule has 0 radical (unpaired) electrons. The van der Waals surface area contributed by atoms with E-state index in [0.717, 1.165) is 6.42 Å². The highest BCUT2D eigenvalue weighted by Gasteiger charge is 2.27. The van der Waals surface area contributed by atoms with Crippen LogP contribution in [-0.4, -0.2) is 19.1 Å². The highest BCUT2D eigenvalue weighted by Crippen LogP contribution is 2.19. The van der Waals surface area contributed by atoms with Crippen LogP contribution < -0.4 is 5.32 Å². The first-order valence-corrected chi connectivity index (χ1v) is 6.59. The lowest BCUT2D eigenvalue weighted by atomic mass is 9.97. The summed E-state index contributed by atoms with van der Waals surface area (Å²) in [4.78, 5) is 11.8. The predicted octanol–water partition coefficient (Wildman–Crippen LogP) is 3.06. The second-order valence-electron chi connectivity index (χ2n) is 4.80. The Bertz CT molecular complexity index is 422. The summed E-state index contributed by atoms with van der Waals surface area (Å²) in [5.41, 5.74) is 0.555. The molecule has 0 amide bonds. The van der Waals surface area contributed by atoms with E-state index in [9.17, 15) is 9.18 Å². The Hall–Kier alpha value is -1.42. The topological polar surface area (TPSA) is 38.3 Å². The third-order valence-corrected chi connectivity index (χ3v) is 3.47. The van der Waals surface area contributed by atoms with Crippen LogP contribution in [0.3, 0.4) is 0 Å². The van der Waals surface area contributed by atoms with Gasteiger partial charge in [-0.1, -0.05) is 38.5 Å². The number of benzene rings is 1. The third-order valence-electron chi connectivity index (χ3n) is 3.47. The lowest BCUT2D eigenvalue weighted by Gasteiger charge is -2.26. The molecule has 0 aliphatic rings. The van der Waals surface area contributed by atoms with Crippen LogP contribution in [0.15, 0.2) is 24.3 Å². The standard InChI is InChI=1S/C15H22FNO2/c1-5-10(2)14(15(18)19-4)17-11(3)12-8-6-7-9-13(12)16/h6-11,14,17H,5H2,1-4H3. The van der Waals surface area contributed by atoms with Crippen molar-refractivity contribution in [3.8, 4) is 0 Å². The molecule has 0 bridgehead atoms. The second-order valence-corrected chi connectivity index (χ2v) is 4.80. The molecule has 1 N–H and O–H groups in total. The van der Waals surface area contributed by atoms with Gasteiger partial charge in [0.2, 0.25) is 0 Å². The molecule has 1 aromatic rings. The van der Waals surface area contributed by atoms with Gasteiger partial charge >= 0.3 is 5.97 Å². The highest BCUT2D eigenvalue weighted by molar-refractivity contribution is 5.76. The van der Waals surface area contributed by atoms with Crippen LogP contribution in [0.25, 0.3) is 0 Å². The molecule has 0 spiro atoms. The Balaban J connectivity index is 2.85. The van der Waals surface area contributed by atoms with Crippen molar-refractivity contribution in [1.29, 1.82) is 0 Å². The number of methoxy groups -OCH3 is 1. The Morgan fingerprint density at radius 2 is 2.00 bits per heavy atom. The van der Waals surface area contributed by atoms with E-state index >= 15 is 0 Å². The van der Waals surface area contributed by atoms with E-state index in [1.807, 2.05) is 20.8 Å². The summed E-state index contributed by atoms with van der Waals surface area (Å²) in [6.07, 6.45) is 0.844. The van der Waals surface area contributed by atoms with Gasteiger partial charge in [-0.3, -0.25) is 10.1 Å². The van der Waals surface area contributed by atoms with Crippen LogP contribution in [0.5, 0.6) is 0 Å². The van der Waals surface area contributed by atoms with Gasteiger partial charge in [0.15, 0.2) is 0 Å². The molecule has 0 aliphatic heterocycles. The van der Waals surface area contributed by atoms with Crippen molar-refractivity contribution in [3.05, 3.63) is 35.6 Å². The maximum Gasteiger partial charge on any atom is 0.323 e. The third kappa shape index (κ3) is 4.03. The number of nitrogens with one attached hydrogen (secondary N) is 1. The van der Waals surface area contributed by atoms with Gasteiger partial charge < -0.3 is 4.74 Å². The van der Waals surface area contributed by atoms with Crippen LogP contribution in [0.2, 0.25) is 0 Å². The number of hydrogen-bond donors (Lipinski definition) is 1. The average Bonchev–Trinajstić information content (AvgIpc) is 2.43. The normalized spacial score (nSPS) is 15.6. The summed E-state index contributed by atoms with van der Waals surface area (Å²) < 4.78 is 18.5. The quantitative estimate of drug-likeness (QED) is 0.805. The van der Waals surface area contributed by atoms with E-state index in [-0.39, 0.29) is 23.7 Å². The molecule has 0 aliphatic carbocycles. The summed E-state index contributed by atoms with van der Waals surface area (Å²) >= 11 is 0. The van der Waals surface area contributed by atoms with Gasteiger partial charge in [-0.15, -0.1) is 0 Å². The Morgan fingerprint density at radius 3 is 2.53 bits per heavy atom. The van der Waals surface area contributed by atoms with Crippen molar-refractivity contribution in [2.45, 2.75) is 39.3 Å². The first-order valence-electron chi connectivity index (χ1n) is 6.59. The minimum atomic E-state index is -0.426. The van der Waals surface area contributed by atoms with Crippen molar-refractivity contribution < 1.29 is 13.9 Å². The Kier molecular flexibility index (Phi) is 5.96. The van der Waals surface area contributed by atoms with Gasteiger partial charge in [-0.2, -0.15) is 0 Å². The van der Waals surface area contributed by atoms with Crippen molar-refractivity contribution in [2.24, 2.45) is 5.92 Å². The van der Waals surface area contributed by atoms with E-state index in [4.69, 9.17) is 4.74 Å². The fourth-order valence-electron chi connectivity index (χ4n) is 2.01. The first kappa shape index (κ1) is 15.6. The zero-order chi connectivity index (χ0) is 14.4. The van der Waals surface area contributed by atoms with E-state index < -0.39 is 6.04 Å². The molecule has 0 fully saturated rings. The first-order chi connectivity index (χ1) is 9.01. The zero-order valence-electron chi connectivity index (χ0n) is 11.9. The molecule has 3 atom stereocenters. The lowest BCUT2D eigenvalue weighted by molar-refractivity contribution is -0.144. The van der Waals surface area contributed by atoms with E-state index in [1.165, 1.54) is 13.2 Å². The number of esters is 1. The van der Waals surface area contributed by atoms with Crippen LogP contribution in [0.4, 0.5) is 4.39 Å². The Morgan fingerprint density at radius 1 is 1.37 bits per heavy atom. The van der Waals surface area contributed by atoms with Gasteiger partial charge in [-0.05, 0) is 18.9 Å². The smallest absolute Gasteiger partial charge is 0.323 e. The average molecular weight is 267 g/mol. The van der Waals surface area contributed by atoms with Crippen LogP contribution in [0.1, 0.15) is 38.8 Å². The number of rotatable bonds is 6. The molecule has 3 unspecified atom stereocenters. The number of carbonyl (C=O) groups excluding carboxylic acids is 1. The van der Waals surface area contributed by atoms with E-state index in [1.54, 1.807) is 18.2 Å². The largest absolute Gasteiger partial charge is 0.468 e. The monoisotopic (exact) mass is 267 g/mol. The zero-order valence-corrected chi connectivity index (χ0v) is 11.9. The molecule has 0 aromatic heterocycles. The second kappa shape index (κ2) is 7.24. The van der Waals surface area contributed by atoms with Crippen LogP contribution in [-0.2, 0) is 9.53 Å². The molecule has 0 saturated carbocycles. The summed E-state index contributed by atoms with van der Waals surface area (Å²) in [7, 11) is 1.37. The molecule has 0 heterocycles. The molecule has 4 heteroatoms. The number of halogens is 1. The van der Waals surface area contributed by atoms with Crippen molar-refractivity contribution >= 4 is 5.97 Å². The maximum atomic E-state index is 13.7. The molecular formula is C15H22FNO2. The van der Waals surface area contributed by atoms with Crippen molar-refractivity contribution in [3.63, 3.8) is 0 Å². The number of ether oxygens (including phenoxy) is 1. The van der Waals surface area contributed by atoms with E-state index in [0.29, 0.717) is 5.56 Å². The predicted molar refractivity (Wildman–Crippen MR) is 73.2 cm³/mol. The van der Waals surface area contributed by atoms with Gasteiger partial charge in [0.05, 0.1) is 7.11 Å². The summed E-state index contributed by atoms with van der Waals surface area (Å²) in [6, 6.07) is 5.90. The minimum absolute atomic E-state index is 0.127. The van der Waals surface area contributed by atoms with Crippen LogP contribution in [0, 0.1) is 11.7 Å². The van der Waals surface area contributed by atoms with Gasteiger partial charge in [0.25, 0.3) is 0 Å². The molecule has 19 heavy (non-hydrogen) atoms. The summed E-state index contributed by atoms with van der Waals surface area (Å²) in [6.45, 7) is 5.83. The van der Waals surface area contributed by atoms with Crippen LogP contribution >= 0.6 is 0 Å². The van der Waals surface area contributed by atoms with E-state index in [2.05, 4.69) is 5.32 Å². The highest BCUT2D eigenvalue weighted by atomic mass is 19.1. The SMILES string of the molecule is CCC(C)C(NC(C)c1ccccc1F)C(=O)OC. The molecule has 1 aromatic carbocycles. The maximum absolute atomic E-state index is 13.7. The minimum Gasteiger partial charge on any atom is -0.468 e. The lowest BCUT2D eigenvalue weighted by Crippen LogP contribution is -2.43. The van der Waals surface area contributed by atoms with Crippen molar-refractivity contribution in [1.82, 2.24) is 5.32 Å². The summed E-state index contributed by atoms with van der Waals surface area (Å²) in [5.74, 6) is -0.450. The molecular weight excluding hydrogens is 245 g/mol. The summed E-state index contributed by atoms with van der Waals surface area (Å²) in [5, 5.41) is 3.16. The molecule has 106 valence electrons. The van der Waals surface area contributed by atoms with Crippen molar-refractivity contribution in [2.75, 3.05) is 7.11 Å². The van der Waals surface area contributed by atoms with Gasteiger partial charge in [0.1, 0.15) is 11.9 Å². The van der Waals surface area contributed by atoms with Gasteiger partial charge in [-0.25, -0.2) is 4.39 Å². The molecule has 3 nitrogen and oxygen atoms in total. The molecule has 0 saturated heterocycles. The number of carbonyl (C=O) groups is 1. The Labute approximate surface area is 114 Å². The fraction of sp³-hybridized carbons (Fsp3) is 0.533.